The topological polar surface area (TPSA) is 106 Å². The predicted molar refractivity (Wildman–Crippen MR) is 163 cm³/mol. The van der Waals surface area contributed by atoms with E-state index in [1.165, 1.54) is 4.90 Å². The number of aromatic nitrogens is 3. The highest BCUT2D eigenvalue weighted by Crippen LogP contribution is 2.32. The van der Waals surface area contributed by atoms with Crippen LogP contribution >= 0.6 is 11.8 Å². The van der Waals surface area contributed by atoms with Crippen molar-refractivity contribution in [2.75, 3.05) is 18.5 Å². The number of carbonyl (C=O) groups excluding carboxylic acids is 3. The molecule has 0 bridgehead atoms. The van der Waals surface area contributed by atoms with Crippen molar-refractivity contribution in [2.24, 2.45) is 5.41 Å². The number of Topliss-reactive ketones (excluding diaryl/α,β-unsaturated/α-hetero) is 1. The SMILES string of the molecule is CCN1C(=O)S/C(=C/c2ccc(Nc3cnc4c(n3)c(C(=O)C(C)(C)C)cn4COCC[Si](C)(C)C)cc2)C1=O. The molecule has 1 N–H and O–H groups in total. The molecule has 1 saturated heterocycles. The van der Waals surface area contributed by atoms with Gasteiger partial charge in [0.2, 0.25) is 0 Å². The number of imide groups is 1. The van der Waals surface area contributed by atoms with Crippen LogP contribution in [0.5, 0.6) is 0 Å². The van der Waals surface area contributed by atoms with Gasteiger partial charge in [0.25, 0.3) is 11.1 Å². The molecule has 0 aliphatic carbocycles. The highest BCUT2D eigenvalue weighted by molar-refractivity contribution is 8.18. The maximum atomic E-state index is 13.3. The lowest BCUT2D eigenvalue weighted by atomic mass is 9.87. The maximum absolute atomic E-state index is 13.3. The minimum absolute atomic E-state index is 0.0124. The van der Waals surface area contributed by atoms with Crippen molar-refractivity contribution in [1.82, 2.24) is 19.4 Å². The maximum Gasteiger partial charge on any atom is 0.293 e. The van der Waals surface area contributed by atoms with E-state index in [1.807, 2.05) is 49.6 Å². The number of thioether (sulfide) groups is 1. The second kappa shape index (κ2) is 11.7. The van der Waals surface area contributed by atoms with Crippen LogP contribution in [0, 0.1) is 5.41 Å². The van der Waals surface area contributed by atoms with E-state index in [-0.39, 0.29) is 16.9 Å². The fourth-order valence-corrected chi connectivity index (χ4v) is 5.72. The first-order chi connectivity index (χ1) is 18.8. The first-order valence-electron chi connectivity index (χ1n) is 13.4. The molecular weight excluding hydrogens is 543 g/mol. The summed E-state index contributed by atoms with van der Waals surface area (Å²) in [7, 11) is -1.21. The van der Waals surface area contributed by atoms with Gasteiger partial charge in [-0.3, -0.25) is 19.3 Å². The van der Waals surface area contributed by atoms with Gasteiger partial charge in [-0.15, -0.1) is 0 Å². The summed E-state index contributed by atoms with van der Waals surface area (Å²) in [6.45, 7) is 15.7. The number of nitrogens with zero attached hydrogens (tertiary/aromatic N) is 4. The van der Waals surface area contributed by atoms with Gasteiger partial charge in [-0.2, -0.15) is 0 Å². The lowest BCUT2D eigenvalue weighted by Gasteiger charge is -2.16. The van der Waals surface area contributed by atoms with E-state index >= 15 is 0 Å². The average Bonchev–Trinajstić information content (AvgIpc) is 3.36. The van der Waals surface area contributed by atoms with E-state index in [4.69, 9.17) is 9.72 Å². The van der Waals surface area contributed by atoms with E-state index in [1.54, 1.807) is 25.4 Å². The molecule has 2 amide bonds. The van der Waals surface area contributed by atoms with Gasteiger partial charge in [0.1, 0.15) is 18.1 Å². The molecule has 1 aliphatic heterocycles. The summed E-state index contributed by atoms with van der Waals surface area (Å²) in [5, 5.41) is 3.01. The minimum atomic E-state index is -1.21. The molecule has 0 spiro atoms. The third-order valence-corrected chi connectivity index (χ3v) is 9.00. The Morgan fingerprint density at radius 1 is 1.15 bits per heavy atom. The lowest BCUT2D eigenvalue weighted by Crippen LogP contribution is -2.27. The van der Waals surface area contributed by atoms with Crippen LogP contribution in [0.1, 0.15) is 43.6 Å². The first-order valence-corrected chi connectivity index (χ1v) is 17.9. The minimum Gasteiger partial charge on any atom is -0.361 e. The number of nitrogens with one attached hydrogen (secondary N) is 1. The summed E-state index contributed by atoms with van der Waals surface area (Å²) < 4.78 is 7.80. The standard InChI is InChI=1S/C29H37N5O4SSi/c1-8-34-27(36)22(39-28(34)37)15-19-9-11-20(12-10-19)31-23-16-30-26-24(32-23)21(25(35)29(2,3)4)17-33(26)18-38-13-14-40(5,6)7/h9-12,15-17H,8,13-14,18H2,1-7H3,(H,31,32)/b22-15+. The molecule has 1 fully saturated rings. The Morgan fingerprint density at radius 2 is 1.85 bits per heavy atom. The van der Waals surface area contributed by atoms with Gasteiger partial charge >= 0.3 is 0 Å². The Morgan fingerprint density at radius 3 is 2.45 bits per heavy atom. The monoisotopic (exact) mass is 579 g/mol. The van der Waals surface area contributed by atoms with Gasteiger partial charge in [0.15, 0.2) is 11.4 Å². The molecule has 0 atom stereocenters. The van der Waals surface area contributed by atoms with Gasteiger partial charge in [-0.05, 0) is 48.5 Å². The average molecular weight is 580 g/mol. The Labute approximate surface area is 240 Å². The zero-order valence-corrected chi connectivity index (χ0v) is 26.0. The Hall–Kier alpha value is -3.28. The molecule has 0 radical (unpaired) electrons. The smallest absolute Gasteiger partial charge is 0.293 e. The normalized spacial score (nSPS) is 15.5. The van der Waals surface area contributed by atoms with E-state index < -0.39 is 13.5 Å². The van der Waals surface area contributed by atoms with Gasteiger partial charge in [0, 0.05) is 38.5 Å². The summed E-state index contributed by atoms with van der Waals surface area (Å²) in [5.41, 5.74) is 2.64. The number of ketones is 1. The van der Waals surface area contributed by atoms with Crippen molar-refractivity contribution < 1.29 is 19.1 Å². The Bertz CT molecular complexity index is 1470. The summed E-state index contributed by atoms with van der Waals surface area (Å²) in [6.07, 6.45) is 5.15. The number of fused-ring (bicyclic) bond motifs is 1. The van der Waals surface area contributed by atoms with Crippen molar-refractivity contribution in [3.8, 4) is 0 Å². The molecule has 2 aromatic heterocycles. The zero-order chi connectivity index (χ0) is 29.2. The van der Waals surface area contributed by atoms with E-state index in [0.29, 0.717) is 47.3 Å². The van der Waals surface area contributed by atoms with Gasteiger partial charge in [-0.25, -0.2) is 9.97 Å². The number of likely N-dealkylation sites (N-methyl/N-ethyl adjacent to an activating group) is 1. The van der Waals surface area contributed by atoms with Crippen molar-refractivity contribution in [1.29, 1.82) is 0 Å². The predicted octanol–water partition coefficient (Wildman–Crippen LogP) is 6.77. The van der Waals surface area contributed by atoms with E-state index in [2.05, 4.69) is 29.9 Å². The molecule has 212 valence electrons. The van der Waals surface area contributed by atoms with Crippen LogP contribution in [-0.4, -0.2) is 57.6 Å². The fourth-order valence-electron chi connectivity index (χ4n) is 4.06. The summed E-state index contributed by atoms with van der Waals surface area (Å²) >= 11 is 0.951. The number of carbonyl (C=O) groups is 3. The van der Waals surface area contributed by atoms with Crippen LogP contribution in [0.3, 0.4) is 0 Å². The molecule has 3 heterocycles. The van der Waals surface area contributed by atoms with Crippen LogP contribution in [0.25, 0.3) is 17.2 Å². The zero-order valence-electron chi connectivity index (χ0n) is 24.2. The van der Waals surface area contributed by atoms with Crippen molar-refractivity contribution >= 4 is 65.5 Å². The van der Waals surface area contributed by atoms with Crippen molar-refractivity contribution in [3.05, 3.63) is 52.7 Å². The number of hydrogen-bond acceptors (Lipinski definition) is 8. The highest BCUT2D eigenvalue weighted by atomic mass is 32.2. The van der Waals surface area contributed by atoms with Crippen LogP contribution in [0.2, 0.25) is 25.7 Å². The third kappa shape index (κ3) is 6.88. The molecule has 3 aromatic rings. The number of ether oxygens (including phenoxy) is 1. The molecule has 9 nitrogen and oxygen atoms in total. The van der Waals surface area contributed by atoms with Gasteiger partial charge in [-0.1, -0.05) is 52.5 Å². The number of anilines is 2. The Kier molecular flexibility index (Phi) is 8.67. The van der Waals surface area contributed by atoms with Gasteiger partial charge < -0.3 is 14.6 Å². The highest BCUT2D eigenvalue weighted by Gasteiger charge is 2.33. The van der Waals surface area contributed by atoms with E-state index in [0.717, 1.165) is 29.1 Å². The summed E-state index contributed by atoms with van der Waals surface area (Å²) in [4.78, 5) is 48.7. The Balaban J connectivity index is 1.55. The van der Waals surface area contributed by atoms with Crippen molar-refractivity contribution in [3.63, 3.8) is 0 Å². The van der Waals surface area contributed by atoms with Crippen LogP contribution in [0.15, 0.2) is 41.6 Å². The van der Waals surface area contributed by atoms with E-state index in [9.17, 15) is 14.4 Å². The number of amides is 2. The second-order valence-corrected chi connectivity index (χ2v) is 18.7. The fraction of sp³-hybridized carbons (Fsp3) is 0.414. The number of rotatable bonds is 10. The largest absolute Gasteiger partial charge is 0.361 e. The summed E-state index contributed by atoms with van der Waals surface area (Å²) in [5.74, 6) is 0.226. The molecule has 4 rings (SSSR count). The number of hydrogen-bond donors (Lipinski definition) is 1. The molecular formula is C29H37N5O4SSi. The number of benzene rings is 1. The van der Waals surface area contributed by atoms with Crippen LogP contribution in [0.4, 0.5) is 16.3 Å². The van der Waals surface area contributed by atoms with Gasteiger partial charge in [0.05, 0.1) is 16.7 Å². The molecule has 1 aromatic carbocycles. The second-order valence-electron chi connectivity index (χ2n) is 12.0. The lowest BCUT2D eigenvalue weighted by molar-refractivity contribution is -0.122. The third-order valence-electron chi connectivity index (χ3n) is 6.39. The molecule has 1 aliphatic rings. The molecule has 40 heavy (non-hydrogen) atoms. The molecule has 11 heteroatoms. The quantitative estimate of drug-likeness (QED) is 0.121. The first kappa shape index (κ1) is 29.7. The summed E-state index contributed by atoms with van der Waals surface area (Å²) in [6, 6.07) is 8.50. The van der Waals surface area contributed by atoms with Crippen molar-refractivity contribution in [2.45, 2.75) is 60.1 Å². The van der Waals surface area contributed by atoms with Crippen LogP contribution < -0.4 is 5.32 Å². The van der Waals surface area contributed by atoms with Crippen LogP contribution in [-0.2, 0) is 16.3 Å². The molecule has 0 unspecified atom stereocenters. The molecule has 0 saturated carbocycles.